The van der Waals surface area contributed by atoms with Gasteiger partial charge in [0.25, 0.3) is 5.91 Å². The van der Waals surface area contributed by atoms with E-state index in [0.29, 0.717) is 17.7 Å². The van der Waals surface area contributed by atoms with Gasteiger partial charge < -0.3 is 9.80 Å². The van der Waals surface area contributed by atoms with Crippen molar-refractivity contribution >= 4 is 5.91 Å². The van der Waals surface area contributed by atoms with Gasteiger partial charge in [0.1, 0.15) is 0 Å². The molecule has 2 aliphatic heterocycles. The van der Waals surface area contributed by atoms with E-state index >= 15 is 0 Å². The number of piperidine rings is 1. The van der Waals surface area contributed by atoms with Gasteiger partial charge in [-0.15, -0.1) is 5.10 Å². The zero-order chi connectivity index (χ0) is 15.1. The van der Waals surface area contributed by atoms with Crippen molar-refractivity contribution < 1.29 is 4.79 Å². The fraction of sp³-hybridized carbons (Fsp3) is 0.800. The summed E-state index contributed by atoms with van der Waals surface area (Å²) in [6.07, 6.45) is 2.33. The highest BCUT2D eigenvalue weighted by molar-refractivity contribution is 5.93. The van der Waals surface area contributed by atoms with Crippen molar-refractivity contribution in [2.75, 3.05) is 26.7 Å². The topological polar surface area (TPSA) is 54.3 Å². The van der Waals surface area contributed by atoms with Crippen LogP contribution in [0.25, 0.3) is 0 Å². The molecule has 0 aromatic carbocycles. The molecule has 6 nitrogen and oxygen atoms in total. The SMILES string of the molecule is Cc1c(C(=O)N2CCC[C@H]3CN(C)C[C@H]32)nnn1C(C)C. The van der Waals surface area contributed by atoms with Crippen molar-refractivity contribution in [1.82, 2.24) is 24.8 Å². The van der Waals surface area contributed by atoms with Gasteiger partial charge in [-0.1, -0.05) is 5.21 Å². The summed E-state index contributed by atoms with van der Waals surface area (Å²) in [4.78, 5) is 17.3. The third-order valence-corrected chi connectivity index (χ3v) is 4.84. The largest absolute Gasteiger partial charge is 0.333 e. The van der Waals surface area contributed by atoms with Crippen molar-refractivity contribution in [3.63, 3.8) is 0 Å². The average molecular weight is 291 g/mol. The first-order valence-corrected chi connectivity index (χ1v) is 7.90. The zero-order valence-electron chi connectivity index (χ0n) is 13.4. The Morgan fingerprint density at radius 2 is 2.10 bits per heavy atom. The molecule has 1 amide bonds. The molecule has 0 saturated carbocycles. The Morgan fingerprint density at radius 1 is 1.33 bits per heavy atom. The van der Waals surface area contributed by atoms with Crippen LogP contribution in [0, 0.1) is 12.8 Å². The van der Waals surface area contributed by atoms with E-state index in [1.54, 1.807) is 0 Å². The minimum Gasteiger partial charge on any atom is -0.333 e. The third kappa shape index (κ3) is 2.46. The minimum absolute atomic E-state index is 0.0596. The molecule has 1 aromatic rings. The van der Waals surface area contributed by atoms with Crippen LogP contribution in [0.5, 0.6) is 0 Å². The number of hydrogen-bond acceptors (Lipinski definition) is 4. The van der Waals surface area contributed by atoms with E-state index in [4.69, 9.17) is 0 Å². The number of hydrogen-bond donors (Lipinski definition) is 0. The first kappa shape index (κ1) is 14.5. The second-order valence-electron chi connectivity index (χ2n) is 6.75. The van der Waals surface area contributed by atoms with Crippen molar-refractivity contribution in [3.05, 3.63) is 11.4 Å². The van der Waals surface area contributed by atoms with Gasteiger partial charge in [-0.2, -0.15) is 0 Å². The van der Waals surface area contributed by atoms with Gasteiger partial charge in [0.2, 0.25) is 0 Å². The molecule has 0 unspecified atom stereocenters. The Hall–Kier alpha value is -1.43. The molecule has 116 valence electrons. The van der Waals surface area contributed by atoms with Crippen LogP contribution >= 0.6 is 0 Å². The van der Waals surface area contributed by atoms with E-state index in [-0.39, 0.29) is 11.9 Å². The monoisotopic (exact) mass is 291 g/mol. The molecule has 0 bridgehead atoms. The van der Waals surface area contributed by atoms with E-state index in [1.807, 2.05) is 16.5 Å². The van der Waals surface area contributed by atoms with E-state index in [1.165, 1.54) is 6.42 Å². The number of nitrogens with zero attached hydrogens (tertiary/aromatic N) is 5. The number of aromatic nitrogens is 3. The summed E-state index contributed by atoms with van der Waals surface area (Å²) in [6, 6.07) is 0.575. The average Bonchev–Trinajstić information content (AvgIpc) is 2.99. The second-order valence-corrected chi connectivity index (χ2v) is 6.75. The lowest BCUT2D eigenvalue weighted by atomic mass is 9.92. The van der Waals surface area contributed by atoms with Crippen molar-refractivity contribution in [1.29, 1.82) is 0 Å². The number of carbonyl (C=O) groups excluding carboxylic acids is 1. The molecule has 1 aromatic heterocycles. The number of carbonyl (C=O) groups is 1. The third-order valence-electron chi connectivity index (χ3n) is 4.84. The van der Waals surface area contributed by atoms with E-state index in [0.717, 1.165) is 31.7 Å². The molecule has 0 N–H and O–H groups in total. The minimum atomic E-state index is 0.0596. The van der Waals surface area contributed by atoms with E-state index in [9.17, 15) is 4.79 Å². The molecule has 2 aliphatic rings. The highest BCUT2D eigenvalue weighted by Crippen LogP contribution is 2.31. The number of likely N-dealkylation sites (N-methyl/N-ethyl adjacent to an activating group) is 1. The Kier molecular flexibility index (Phi) is 3.73. The van der Waals surface area contributed by atoms with Crippen LogP contribution in [-0.2, 0) is 0 Å². The summed E-state index contributed by atoms with van der Waals surface area (Å²) in [5.41, 5.74) is 1.40. The quantitative estimate of drug-likeness (QED) is 0.825. The summed E-state index contributed by atoms with van der Waals surface area (Å²) in [5, 5.41) is 8.29. The second kappa shape index (κ2) is 5.40. The highest BCUT2D eigenvalue weighted by Gasteiger charge is 2.40. The number of likely N-dealkylation sites (tertiary alicyclic amines) is 2. The summed E-state index contributed by atoms with van der Waals surface area (Å²) in [5.74, 6) is 0.678. The fourth-order valence-electron chi connectivity index (χ4n) is 3.81. The summed E-state index contributed by atoms with van der Waals surface area (Å²) in [6.45, 7) is 8.98. The molecule has 0 spiro atoms. The fourth-order valence-corrected chi connectivity index (χ4v) is 3.81. The molecule has 6 heteroatoms. The van der Waals surface area contributed by atoms with Crippen molar-refractivity contribution in [3.8, 4) is 0 Å². The predicted molar refractivity (Wildman–Crippen MR) is 80.2 cm³/mol. The normalized spacial score (nSPS) is 26.4. The Balaban J connectivity index is 1.84. The van der Waals surface area contributed by atoms with Gasteiger partial charge >= 0.3 is 0 Å². The Bertz CT molecular complexity index is 538. The molecule has 2 saturated heterocycles. The van der Waals surface area contributed by atoms with Crippen LogP contribution in [0.2, 0.25) is 0 Å². The lowest BCUT2D eigenvalue weighted by Crippen LogP contribution is -2.48. The van der Waals surface area contributed by atoms with Crippen LogP contribution in [0.15, 0.2) is 0 Å². The highest BCUT2D eigenvalue weighted by atomic mass is 16.2. The van der Waals surface area contributed by atoms with Gasteiger partial charge in [0.15, 0.2) is 5.69 Å². The maximum atomic E-state index is 12.9. The van der Waals surface area contributed by atoms with Gasteiger partial charge in [-0.3, -0.25) is 4.79 Å². The molecule has 0 aliphatic carbocycles. The summed E-state index contributed by atoms with van der Waals surface area (Å²) >= 11 is 0. The molecule has 3 rings (SSSR count). The molecule has 21 heavy (non-hydrogen) atoms. The Morgan fingerprint density at radius 3 is 2.76 bits per heavy atom. The summed E-state index contributed by atoms with van der Waals surface area (Å²) in [7, 11) is 2.14. The van der Waals surface area contributed by atoms with Crippen LogP contribution < -0.4 is 0 Å². The molecule has 0 radical (unpaired) electrons. The lowest BCUT2D eigenvalue weighted by Gasteiger charge is -2.36. The van der Waals surface area contributed by atoms with Gasteiger partial charge in [-0.25, -0.2) is 4.68 Å². The van der Waals surface area contributed by atoms with Crippen LogP contribution in [0.3, 0.4) is 0 Å². The molecule has 3 heterocycles. The molecular weight excluding hydrogens is 266 g/mol. The first-order valence-electron chi connectivity index (χ1n) is 7.90. The molecule has 2 atom stereocenters. The smallest absolute Gasteiger partial charge is 0.276 e. The van der Waals surface area contributed by atoms with Gasteiger partial charge in [-0.05, 0) is 46.6 Å². The van der Waals surface area contributed by atoms with Crippen LogP contribution in [-0.4, -0.2) is 63.4 Å². The van der Waals surface area contributed by atoms with Crippen LogP contribution in [0.4, 0.5) is 0 Å². The number of rotatable bonds is 2. The van der Waals surface area contributed by atoms with Gasteiger partial charge in [0.05, 0.1) is 5.69 Å². The molecular formula is C15H25N5O. The van der Waals surface area contributed by atoms with Crippen LogP contribution in [0.1, 0.15) is 48.9 Å². The first-order chi connectivity index (χ1) is 9.99. The van der Waals surface area contributed by atoms with Crippen molar-refractivity contribution in [2.45, 2.75) is 45.7 Å². The summed E-state index contributed by atoms with van der Waals surface area (Å²) < 4.78 is 1.83. The van der Waals surface area contributed by atoms with E-state index < -0.39 is 0 Å². The maximum Gasteiger partial charge on any atom is 0.276 e. The Labute approximate surface area is 126 Å². The lowest BCUT2D eigenvalue weighted by molar-refractivity contribution is 0.0564. The maximum absolute atomic E-state index is 12.9. The number of fused-ring (bicyclic) bond motifs is 1. The number of amides is 1. The zero-order valence-corrected chi connectivity index (χ0v) is 13.4. The van der Waals surface area contributed by atoms with E-state index in [2.05, 4.69) is 36.1 Å². The molecule has 2 fully saturated rings. The van der Waals surface area contributed by atoms with Gasteiger partial charge in [0, 0.05) is 31.7 Å². The van der Waals surface area contributed by atoms with Crippen molar-refractivity contribution in [2.24, 2.45) is 5.92 Å². The predicted octanol–water partition coefficient (Wildman–Crippen LogP) is 1.33. The standard InChI is InChI=1S/C15H25N5O/c1-10(2)20-11(3)14(16-17-20)15(21)19-7-5-6-12-8-18(4)9-13(12)19/h10,12-13H,5-9H2,1-4H3/t12-,13+/m0/s1.